The van der Waals surface area contributed by atoms with Gasteiger partial charge in [-0.15, -0.1) is 0 Å². The zero-order valence-electron chi connectivity index (χ0n) is 19.2. The lowest BCUT2D eigenvalue weighted by molar-refractivity contribution is -0.113. The lowest BCUT2D eigenvalue weighted by Gasteiger charge is -2.23. The maximum absolute atomic E-state index is 13.6. The number of benzene rings is 1. The molecule has 8 nitrogen and oxygen atoms in total. The zero-order valence-corrected chi connectivity index (χ0v) is 20.0. The van der Waals surface area contributed by atoms with Gasteiger partial charge in [-0.3, -0.25) is 18.8 Å². The second kappa shape index (κ2) is 8.42. The van der Waals surface area contributed by atoms with Crippen LogP contribution in [0.15, 0.2) is 74.3 Å². The van der Waals surface area contributed by atoms with Crippen molar-refractivity contribution >= 4 is 29.0 Å². The van der Waals surface area contributed by atoms with Crippen LogP contribution >= 0.6 is 11.3 Å². The third-order valence-corrected chi connectivity index (χ3v) is 6.70. The first-order valence-electron chi connectivity index (χ1n) is 10.8. The van der Waals surface area contributed by atoms with Crippen molar-refractivity contribution in [2.75, 3.05) is 5.32 Å². The summed E-state index contributed by atoms with van der Waals surface area (Å²) in [5.41, 5.74) is 3.13. The summed E-state index contributed by atoms with van der Waals surface area (Å²) in [6.07, 6.45) is 5.31. The number of para-hydroxylation sites is 1. The molecule has 9 heteroatoms. The quantitative estimate of drug-likeness (QED) is 0.493. The number of rotatable bonds is 4. The molecule has 172 valence electrons. The molecule has 0 aliphatic carbocycles. The van der Waals surface area contributed by atoms with Crippen molar-refractivity contribution in [3.05, 3.63) is 102 Å². The minimum Gasteiger partial charge on any atom is -0.464 e. The molecule has 4 aromatic rings. The van der Waals surface area contributed by atoms with Gasteiger partial charge in [-0.05, 0) is 50.6 Å². The maximum atomic E-state index is 13.6. The Hall–Kier alpha value is -3.98. The predicted molar refractivity (Wildman–Crippen MR) is 130 cm³/mol. The van der Waals surface area contributed by atoms with E-state index in [1.165, 1.54) is 11.3 Å². The van der Waals surface area contributed by atoms with Crippen LogP contribution in [-0.2, 0) is 11.8 Å². The van der Waals surface area contributed by atoms with Crippen molar-refractivity contribution < 1.29 is 9.21 Å². The Morgan fingerprint density at radius 2 is 1.97 bits per heavy atom. The van der Waals surface area contributed by atoms with E-state index < -0.39 is 6.04 Å². The fraction of sp³-hybridized carbons (Fsp3) is 0.200. The van der Waals surface area contributed by atoms with Gasteiger partial charge in [0.2, 0.25) is 0 Å². The third-order valence-electron chi connectivity index (χ3n) is 5.71. The molecular formula is C25H23N5O3S. The van der Waals surface area contributed by atoms with E-state index in [2.05, 4.69) is 15.4 Å². The summed E-state index contributed by atoms with van der Waals surface area (Å²) in [5.74, 6) is 0.882. The van der Waals surface area contributed by atoms with Crippen molar-refractivity contribution in [2.24, 2.45) is 12.0 Å². The van der Waals surface area contributed by atoms with Gasteiger partial charge in [-0.2, -0.15) is 5.10 Å². The van der Waals surface area contributed by atoms with Gasteiger partial charge in [-0.25, -0.2) is 4.99 Å². The Balaban J connectivity index is 1.67. The Kier molecular flexibility index (Phi) is 5.41. The van der Waals surface area contributed by atoms with Crippen molar-refractivity contribution in [1.82, 2.24) is 14.3 Å². The van der Waals surface area contributed by atoms with Crippen molar-refractivity contribution in [3.8, 4) is 0 Å². The van der Waals surface area contributed by atoms with E-state index in [0.717, 1.165) is 11.1 Å². The van der Waals surface area contributed by atoms with Gasteiger partial charge in [0.15, 0.2) is 4.80 Å². The molecule has 1 atom stereocenters. The van der Waals surface area contributed by atoms with Crippen LogP contribution in [0.2, 0.25) is 0 Å². The average molecular weight is 474 g/mol. The number of aromatic nitrogens is 3. The summed E-state index contributed by atoms with van der Waals surface area (Å²) >= 11 is 1.28. The molecule has 0 unspecified atom stereocenters. The molecule has 1 aliphatic rings. The van der Waals surface area contributed by atoms with Crippen LogP contribution in [0.5, 0.6) is 0 Å². The van der Waals surface area contributed by atoms with Crippen LogP contribution in [0.1, 0.15) is 35.6 Å². The molecule has 0 saturated heterocycles. The van der Waals surface area contributed by atoms with E-state index in [1.54, 1.807) is 34.5 Å². The van der Waals surface area contributed by atoms with Crippen LogP contribution in [0.3, 0.4) is 0 Å². The molecule has 3 aromatic heterocycles. The van der Waals surface area contributed by atoms with Crippen LogP contribution < -0.4 is 20.2 Å². The van der Waals surface area contributed by atoms with Gasteiger partial charge in [0.1, 0.15) is 17.6 Å². The smallest absolute Gasteiger partial charge is 0.271 e. The number of nitrogens with zero attached hydrogens (tertiary/aromatic N) is 4. The summed E-state index contributed by atoms with van der Waals surface area (Å²) in [5, 5.41) is 7.15. The van der Waals surface area contributed by atoms with E-state index in [1.807, 2.05) is 57.4 Å². The van der Waals surface area contributed by atoms with Gasteiger partial charge < -0.3 is 9.73 Å². The number of fused-ring (bicyclic) bond motifs is 1. The standard InChI is InChI=1S/C25H23N5O3S/c1-14-7-5-6-8-18(14)28-23(31)21-16(3)27-25-30(22(21)19-10-9-15(2)33-19)24(32)20(34-25)11-17-12-26-29(4)13-17/h5-13,22H,1-4H3,(H,28,31)/b20-11+/t22-/m0/s1. The van der Waals surface area contributed by atoms with Gasteiger partial charge in [-0.1, -0.05) is 29.5 Å². The van der Waals surface area contributed by atoms with Crippen molar-refractivity contribution in [2.45, 2.75) is 26.8 Å². The number of anilines is 1. The topological polar surface area (TPSA) is 94.4 Å². The SMILES string of the molecule is CC1=C(C(=O)Nc2ccccc2C)[C@H](c2ccc(C)o2)n2c(s/c(=C/c3cnn(C)c3)c2=O)=N1. The molecule has 0 spiro atoms. The van der Waals surface area contributed by atoms with Crippen LogP contribution in [-0.4, -0.2) is 20.3 Å². The van der Waals surface area contributed by atoms with Gasteiger partial charge in [0, 0.05) is 24.5 Å². The highest BCUT2D eigenvalue weighted by molar-refractivity contribution is 7.07. The molecule has 1 amide bonds. The fourth-order valence-electron chi connectivity index (χ4n) is 4.05. The van der Waals surface area contributed by atoms with Gasteiger partial charge in [0.05, 0.1) is 22.0 Å². The van der Waals surface area contributed by atoms with Crippen LogP contribution in [0, 0.1) is 13.8 Å². The van der Waals surface area contributed by atoms with E-state index in [9.17, 15) is 9.59 Å². The molecule has 1 aliphatic heterocycles. The highest BCUT2D eigenvalue weighted by Crippen LogP contribution is 2.32. The second-order valence-electron chi connectivity index (χ2n) is 8.25. The Morgan fingerprint density at radius 3 is 2.65 bits per heavy atom. The monoisotopic (exact) mass is 473 g/mol. The minimum atomic E-state index is -0.731. The number of allylic oxidation sites excluding steroid dienone is 1. The van der Waals surface area contributed by atoms with Crippen LogP contribution in [0.25, 0.3) is 6.08 Å². The lowest BCUT2D eigenvalue weighted by Crippen LogP contribution is -2.40. The number of carbonyl (C=O) groups is 1. The van der Waals surface area contributed by atoms with E-state index in [4.69, 9.17) is 4.42 Å². The largest absolute Gasteiger partial charge is 0.464 e. The molecule has 1 N–H and O–H groups in total. The van der Waals surface area contributed by atoms with E-state index >= 15 is 0 Å². The number of thiazole rings is 1. The molecule has 5 rings (SSSR count). The fourth-order valence-corrected chi connectivity index (χ4v) is 5.10. The summed E-state index contributed by atoms with van der Waals surface area (Å²) in [6.45, 7) is 5.55. The summed E-state index contributed by atoms with van der Waals surface area (Å²) in [6, 6.07) is 10.5. The first-order chi connectivity index (χ1) is 16.3. The maximum Gasteiger partial charge on any atom is 0.271 e. The third kappa shape index (κ3) is 3.84. The number of nitrogens with one attached hydrogen (secondary N) is 1. The summed E-state index contributed by atoms with van der Waals surface area (Å²) in [7, 11) is 1.82. The first kappa shape index (κ1) is 21.8. The number of amides is 1. The summed E-state index contributed by atoms with van der Waals surface area (Å²) < 4.78 is 9.66. The molecule has 0 fully saturated rings. The molecular weight excluding hydrogens is 450 g/mol. The second-order valence-corrected chi connectivity index (χ2v) is 9.26. The number of aryl methyl sites for hydroxylation is 3. The lowest BCUT2D eigenvalue weighted by atomic mass is 10.00. The molecule has 1 aromatic carbocycles. The molecule has 4 heterocycles. The Morgan fingerprint density at radius 1 is 1.18 bits per heavy atom. The predicted octanol–water partition coefficient (Wildman–Crippen LogP) is 2.82. The number of hydrogen-bond acceptors (Lipinski definition) is 6. The average Bonchev–Trinajstić information content (AvgIpc) is 3.48. The molecule has 0 radical (unpaired) electrons. The van der Waals surface area contributed by atoms with Gasteiger partial charge >= 0.3 is 0 Å². The normalized spacial score (nSPS) is 15.9. The number of furan rings is 1. The summed E-state index contributed by atoms with van der Waals surface area (Å²) in [4.78, 5) is 32.3. The van der Waals surface area contributed by atoms with E-state index in [-0.39, 0.29) is 11.5 Å². The Labute approximate surface area is 199 Å². The number of hydrogen-bond donors (Lipinski definition) is 1. The highest BCUT2D eigenvalue weighted by atomic mass is 32.1. The Bertz CT molecular complexity index is 1630. The zero-order chi connectivity index (χ0) is 24.0. The minimum absolute atomic E-state index is 0.236. The molecule has 0 bridgehead atoms. The van der Waals surface area contributed by atoms with Crippen molar-refractivity contribution in [1.29, 1.82) is 0 Å². The van der Waals surface area contributed by atoms with Crippen molar-refractivity contribution in [3.63, 3.8) is 0 Å². The molecule has 0 saturated carbocycles. The van der Waals surface area contributed by atoms with Gasteiger partial charge in [0.25, 0.3) is 11.5 Å². The number of carbonyl (C=O) groups excluding carboxylic acids is 1. The first-order valence-corrected chi connectivity index (χ1v) is 11.6. The highest BCUT2D eigenvalue weighted by Gasteiger charge is 2.34. The molecule has 34 heavy (non-hydrogen) atoms. The van der Waals surface area contributed by atoms with Crippen LogP contribution in [0.4, 0.5) is 5.69 Å². The van der Waals surface area contributed by atoms with E-state index in [0.29, 0.717) is 37.8 Å².